The Labute approximate surface area is 171 Å². The molecule has 29 heavy (non-hydrogen) atoms. The largest absolute Gasteiger partial charge is 0.496 e. The van der Waals surface area contributed by atoms with Gasteiger partial charge in [-0.25, -0.2) is 4.68 Å². The Morgan fingerprint density at radius 1 is 1.00 bits per heavy atom. The number of aryl methyl sites for hydroxylation is 1. The lowest BCUT2D eigenvalue weighted by molar-refractivity contribution is 0.102. The Morgan fingerprint density at radius 3 is 2.10 bits per heavy atom. The van der Waals surface area contributed by atoms with Crippen LogP contribution in [0.2, 0.25) is 0 Å². The number of amides is 1. The number of nitrogens with one attached hydrogen (secondary N) is 1. The third kappa shape index (κ3) is 4.26. The van der Waals surface area contributed by atoms with Crippen molar-refractivity contribution < 1.29 is 14.3 Å². The Hall–Kier alpha value is -3.28. The summed E-state index contributed by atoms with van der Waals surface area (Å²) in [5.74, 6) is 1.14. The predicted molar refractivity (Wildman–Crippen MR) is 115 cm³/mol. The number of anilines is 1. The van der Waals surface area contributed by atoms with Crippen LogP contribution in [0.5, 0.6) is 11.5 Å². The van der Waals surface area contributed by atoms with Crippen molar-refractivity contribution in [2.45, 2.75) is 33.1 Å². The maximum absolute atomic E-state index is 13.2. The molecule has 6 heteroatoms. The molecule has 0 aliphatic heterocycles. The summed E-state index contributed by atoms with van der Waals surface area (Å²) in [4.78, 5) is 13.2. The molecule has 1 aromatic heterocycles. The molecule has 0 saturated carbocycles. The lowest BCUT2D eigenvalue weighted by Crippen LogP contribution is -2.17. The number of carbonyl (C=O) groups is 1. The van der Waals surface area contributed by atoms with E-state index in [9.17, 15) is 4.79 Å². The molecule has 0 unspecified atom stereocenters. The minimum atomic E-state index is -0.326. The standard InChI is InChI=1S/C23H27N3O3/c1-15-10-12-16(13-11-15)26-20(14-19(25-26)23(2,3)4)24-22(27)21-17(28-5)8-7-9-18(21)29-6/h7-14H,1-6H3,(H,24,27). The van der Waals surface area contributed by atoms with Crippen LogP contribution in [-0.2, 0) is 5.41 Å². The molecule has 3 rings (SSSR count). The van der Waals surface area contributed by atoms with Crippen molar-refractivity contribution in [3.63, 3.8) is 0 Å². The number of hydrogen-bond acceptors (Lipinski definition) is 4. The maximum atomic E-state index is 13.2. The van der Waals surface area contributed by atoms with E-state index in [1.54, 1.807) is 22.9 Å². The molecule has 0 radical (unpaired) electrons. The average molecular weight is 393 g/mol. The van der Waals surface area contributed by atoms with Crippen molar-refractivity contribution in [3.05, 3.63) is 65.4 Å². The Balaban J connectivity index is 2.06. The number of ether oxygens (including phenoxy) is 2. The van der Waals surface area contributed by atoms with Crippen LogP contribution >= 0.6 is 0 Å². The van der Waals surface area contributed by atoms with Crippen molar-refractivity contribution in [2.24, 2.45) is 0 Å². The van der Waals surface area contributed by atoms with Gasteiger partial charge in [-0.05, 0) is 31.2 Å². The first-order chi connectivity index (χ1) is 13.7. The lowest BCUT2D eigenvalue weighted by atomic mass is 9.92. The SMILES string of the molecule is COc1cccc(OC)c1C(=O)Nc1cc(C(C)(C)C)nn1-c1ccc(C)cc1. The molecule has 0 spiro atoms. The molecule has 0 aliphatic rings. The van der Waals surface area contributed by atoms with Crippen molar-refractivity contribution in [3.8, 4) is 17.2 Å². The number of hydrogen-bond donors (Lipinski definition) is 1. The minimum Gasteiger partial charge on any atom is -0.496 e. The molecule has 0 atom stereocenters. The zero-order valence-electron chi connectivity index (χ0n) is 17.7. The highest BCUT2D eigenvalue weighted by Crippen LogP contribution is 2.31. The summed E-state index contributed by atoms with van der Waals surface area (Å²) >= 11 is 0. The second-order valence-electron chi connectivity index (χ2n) is 7.90. The van der Waals surface area contributed by atoms with Crippen LogP contribution < -0.4 is 14.8 Å². The van der Waals surface area contributed by atoms with Crippen LogP contribution in [0.4, 0.5) is 5.82 Å². The molecule has 3 aromatic rings. The van der Waals surface area contributed by atoms with E-state index in [2.05, 4.69) is 26.1 Å². The van der Waals surface area contributed by atoms with E-state index >= 15 is 0 Å². The van der Waals surface area contributed by atoms with Gasteiger partial charge in [-0.2, -0.15) is 5.10 Å². The van der Waals surface area contributed by atoms with Gasteiger partial charge in [0.1, 0.15) is 22.9 Å². The summed E-state index contributed by atoms with van der Waals surface area (Å²) in [6.07, 6.45) is 0. The molecule has 0 aliphatic carbocycles. The first kappa shape index (κ1) is 20.5. The van der Waals surface area contributed by atoms with Crippen molar-refractivity contribution in [2.75, 3.05) is 19.5 Å². The highest BCUT2D eigenvalue weighted by Gasteiger charge is 2.24. The Kier molecular flexibility index (Phi) is 5.64. The Morgan fingerprint density at radius 2 is 1.59 bits per heavy atom. The summed E-state index contributed by atoms with van der Waals surface area (Å²) in [5, 5.41) is 7.74. The fourth-order valence-electron chi connectivity index (χ4n) is 2.97. The van der Waals surface area contributed by atoms with Crippen molar-refractivity contribution in [1.82, 2.24) is 9.78 Å². The molecule has 0 fully saturated rings. The zero-order valence-corrected chi connectivity index (χ0v) is 17.7. The maximum Gasteiger partial charge on any atom is 0.264 e. The molecule has 152 valence electrons. The van der Waals surface area contributed by atoms with E-state index in [4.69, 9.17) is 14.6 Å². The molecular weight excluding hydrogens is 366 g/mol. The molecular formula is C23H27N3O3. The summed E-state index contributed by atoms with van der Waals surface area (Å²) in [7, 11) is 3.06. The van der Waals surface area contributed by atoms with E-state index in [0.29, 0.717) is 22.9 Å². The highest BCUT2D eigenvalue weighted by atomic mass is 16.5. The summed E-state index contributed by atoms with van der Waals surface area (Å²) in [6, 6.07) is 15.1. The molecule has 0 bridgehead atoms. The van der Waals surface area contributed by atoms with Gasteiger partial charge in [0, 0.05) is 11.5 Å². The second-order valence-corrected chi connectivity index (χ2v) is 7.90. The summed E-state index contributed by atoms with van der Waals surface area (Å²) in [6.45, 7) is 8.29. The van der Waals surface area contributed by atoms with E-state index < -0.39 is 0 Å². The third-order valence-electron chi connectivity index (χ3n) is 4.65. The van der Waals surface area contributed by atoms with Crippen LogP contribution in [0, 0.1) is 6.92 Å². The molecule has 1 amide bonds. The second kappa shape index (κ2) is 7.99. The quantitative estimate of drug-likeness (QED) is 0.679. The summed E-state index contributed by atoms with van der Waals surface area (Å²) in [5.41, 5.74) is 3.07. The highest BCUT2D eigenvalue weighted by molar-refractivity contribution is 6.08. The number of aromatic nitrogens is 2. The predicted octanol–water partition coefficient (Wildman–Crippen LogP) is 4.75. The number of nitrogens with zero attached hydrogens (tertiary/aromatic N) is 2. The zero-order chi connectivity index (χ0) is 21.2. The molecule has 2 aromatic carbocycles. The van der Waals surface area contributed by atoms with Crippen LogP contribution in [0.25, 0.3) is 5.69 Å². The fraction of sp³-hybridized carbons (Fsp3) is 0.304. The van der Waals surface area contributed by atoms with Gasteiger partial charge in [0.15, 0.2) is 0 Å². The third-order valence-corrected chi connectivity index (χ3v) is 4.65. The monoisotopic (exact) mass is 393 g/mol. The van der Waals surface area contributed by atoms with Gasteiger partial charge < -0.3 is 14.8 Å². The van der Waals surface area contributed by atoms with Crippen LogP contribution in [-0.4, -0.2) is 29.9 Å². The smallest absolute Gasteiger partial charge is 0.264 e. The van der Waals surface area contributed by atoms with Crippen LogP contribution in [0.15, 0.2) is 48.5 Å². The fourth-order valence-corrected chi connectivity index (χ4v) is 2.97. The number of methoxy groups -OCH3 is 2. The lowest BCUT2D eigenvalue weighted by Gasteiger charge is -2.14. The van der Waals surface area contributed by atoms with Crippen LogP contribution in [0.1, 0.15) is 42.4 Å². The van der Waals surface area contributed by atoms with Gasteiger partial charge in [-0.3, -0.25) is 4.79 Å². The molecule has 6 nitrogen and oxygen atoms in total. The molecule has 1 N–H and O–H groups in total. The van der Waals surface area contributed by atoms with Gasteiger partial charge in [-0.15, -0.1) is 0 Å². The number of carbonyl (C=O) groups excluding carboxylic acids is 1. The average Bonchev–Trinajstić information content (AvgIpc) is 3.12. The molecule has 0 saturated heterocycles. The van der Waals surface area contributed by atoms with E-state index in [1.165, 1.54) is 14.2 Å². The van der Waals surface area contributed by atoms with Crippen molar-refractivity contribution in [1.29, 1.82) is 0 Å². The summed E-state index contributed by atoms with van der Waals surface area (Å²) < 4.78 is 12.5. The topological polar surface area (TPSA) is 65.4 Å². The normalized spacial score (nSPS) is 11.2. The van der Waals surface area contributed by atoms with Gasteiger partial charge in [0.25, 0.3) is 5.91 Å². The molecule has 1 heterocycles. The van der Waals surface area contributed by atoms with Gasteiger partial charge in [-0.1, -0.05) is 44.5 Å². The van der Waals surface area contributed by atoms with E-state index in [1.807, 2.05) is 37.3 Å². The minimum absolute atomic E-state index is 0.169. The number of rotatable bonds is 5. The van der Waals surface area contributed by atoms with Gasteiger partial charge >= 0.3 is 0 Å². The van der Waals surface area contributed by atoms with E-state index in [0.717, 1.165) is 16.9 Å². The van der Waals surface area contributed by atoms with E-state index in [-0.39, 0.29) is 11.3 Å². The number of benzene rings is 2. The van der Waals surface area contributed by atoms with Crippen molar-refractivity contribution >= 4 is 11.7 Å². The van der Waals surface area contributed by atoms with Gasteiger partial charge in [0.2, 0.25) is 0 Å². The first-order valence-corrected chi connectivity index (χ1v) is 9.44. The Bertz CT molecular complexity index is 993. The van der Waals surface area contributed by atoms with Gasteiger partial charge in [0.05, 0.1) is 25.6 Å². The van der Waals surface area contributed by atoms with Crippen LogP contribution in [0.3, 0.4) is 0 Å². The first-order valence-electron chi connectivity index (χ1n) is 9.44.